The van der Waals surface area contributed by atoms with Gasteiger partial charge in [0.1, 0.15) is 24.4 Å². The molecule has 1 heterocycles. The Morgan fingerprint density at radius 3 is 2.40 bits per heavy atom. The van der Waals surface area contributed by atoms with Crippen molar-refractivity contribution in [2.75, 3.05) is 6.61 Å². The minimum absolute atomic E-state index is 0.352. The molecule has 1 saturated heterocycles. The molecule has 1 aliphatic heterocycles. The van der Waals surface area contributed by atoms with E-state index >= 15 is 0 Å². The predicted octanol–water partition coefficient (Wildman–Crippen LogP) is -1.78. The predicted molar refractivity (Wildman–Crippen MR) is 67.7 cm³/mol. The fourth-order valence-corrected chi connectivity index (χ4v) is 2.08. The fourth-order valence-electron chi connectivity index (χ4n) is 2.08. The minimum Gasteiger partial charge on any atom is -0.394 e. The number of aliphatic hydroxyl groups excluding tert-OH is 4. The van der Waals surface area contributed by atoms with E-state index in [1.54, 1.807) is 30.3 Å². The zero-order chi connectivity index (χ0) is 14.7. The van der Waals surface area contributed by atoms with E-state index in [9.17, 15) is 20.1 Å². The maximum absolute atomic E-state index is 11.9. The monoisotopic (exact) mass is 283 g/mol. The lowest BCUT2D eigenvalue weighted by Crippen LogP contribution is -2.64. The first-order valence-corrected chi connectivity index (χ1v) is 6.21. The number of aliphatic hydroxyl groups is 4. The van der Waals surface area contributed by atoms with E-state index in [0.717, 1.165) is 0 Å². The maximum atomic E-state index is 11.9. The largest absolute Gasteiger partial charge is 0.394 e. The molecule has 1 aliphatic rings. The van der Waals surface area contributed by atoms with Gasteiger partial charge in [-0.25, -0.2) is 0 Å². The molecule has 5 atom stereocenters. The first-order valence-electron chi connectivity index (χ1n) is 6.21. The molecule has 0 saturated carbocycles. The summed E-state index contributed by atoms with van der Waals surface area (Å²) in [4.78, 5) is 11.9. The fraction of sp³-hybridized carbons (Fsp3) is 0.462. The molecule has 20 heavy (non-hydrogen) atoms. The lowest BCUT2D eigenvalue weighted by molar-refractivity contribution is -0.252. The minimum atomic E-state index is -1.52. The van der Waals surface area contributed by atoms with Gasteiger partial charge in [-0.1, -0.05) is 18.2 Å². The molecule has 0 unspecified atom stereocenters. The number of rotatable bonds is 3. The molecule has 1 aromatic rings. The van der Waals surface area contributed by atoms with Crippen molar-refractivity contribution in [3.05, 3.63) is 35.9 Å². The number of amides is 1. The first kappa shape index (κ1) is 14.9. The number of hydrogen-bond donors (Lipinski definition) is 5. The topological polar surface area (TPSA) is 119 Å². The molecule has 0 aliphatic carbocycles. The number of carbonyl (C=O) groups excluding carboxylic acids is 1. The van der Waals surface area contributed by atoms with Gasteiger partial charge in [-0.05, 0) is 12.1 Å². The van der Waals surface area contributed by atoms with Crippen LogP contribution in [0.2, 0.25) is 0 Å². The average Bonchev–Trinajstić information content (AvgIpc) is 2.48. The molecule has 2 rings (SSSR count). The highest BCUT2D eigenvalue weighted by molar-refractivity contribution is 5.94. The lowest BCUT2D eigenvalue weighted by atomic mass is 9.97. The quantitative estimate of drug-likeness (QED) is 0.447. The van der Waals surface area contributed by atoms with E-state index in [1.165, 1.54) is 0 Å². The van der Waals surface area contributed by atoms with Crippen molar-refractivity contribution in [1.29, 1.82) is 0 Å². The maximum Gasteiger partial charge on any atom is 0.251 e. The summed E-state index contributed by atoms with van der Waals surface area (Å²) in [5.74, 6) is -0.507. The van der Waals surface area contributed by atoms with Crippen LogP contribution in [0.5, 0.6) is 0 Å². The van der Waals surface area contributed by atoms with Crippen molar-refractivity contribution in [2.24, 2.45) is 0 Å². The Balaban J connectivity index is 2.07. The molecule has 110 valence electrons. The molecular formula is C13H17NO6. The van der Waals surface area contributed by atoms with Gasteiger partial charge < -0.3 is 30.5 Å². The Morgan fingerprint density at radius 1 is 1.15 bits per heavy atom. The molecule has 7 nitrogen and oxygen atoms in total. The Bertz CT molecular complexity index is 453. The van der Waals surface area contributed by atoms with Crippen molar-refractivity contribution >= 4 is 5.91 Å². The molecule has 0 spiro atoms. The van der Waals surface area contributed by atoms with Crippen molar-refractivity contribution in [1.82, 2.24) is 5.32 Å². The molecule has 1 amide bonds. The second-order valence-electron chi connectivity index (χ2n) is 4.59. The summed E-state index contributed by atoms with van der Waals surface area (Å²) in [6, 6.07) is 7.07. The summed E-state index contributed by atoms with van der Waals surface area (Å²) in [5, 5.41) is 40.7. The third kappa shape index (κ3) is 2.97. The summed E-state index contributed by atoms with van der Waals surface area (Å²) in [6.07, 6.45) is -5.45. The van der Waals surface area contributed by atoms with Crippen molar-refractivity contribution in [3.63, 3.8) is 0 Å². The van der Waals surface area contributed by atoms with Crippen LogP contribution in [-0.4, -0.2) is 63.6 Å². The summed E-state index contributed by atoms with van der Waals surface area (Å²) in [6.45, 7) is -0.547. The van der Waals surface area contributed by atoms with E-state index in [4.69, 9.17) is 9.84 Å². The molecule has 0 aromatic heterocycles. The van der Waals surface area contributed by atoms with Crippen LogP contribution >= 0.6 is 0 Å². The summed E-state index contributed by atoms with van der Waals surface area (Å²) in [7, 11) is 0. The number of nitrogens with one attached hydrogen (secondary N) is 1. The number of benzene rings is 1. The third-order valence-electron chi connectivity index (χ3n) is 3.23. The van der Waals surface area contributed by atoms with E-state index in [2.05, 4.69) is 5.32 Å². The average molecular weight is 283 g/mol. The molecule has 1 aromatic carbocycles. The van der Waals surface area contributed by atoms with Gasteiger partial charge in [-0.15, -0.1) is 0 Å². The second kappa shape index (κ2) is 6.29. The standard InChI is InChI=1S/C13H17NO6/c15-6-8-10(16)11(17)9(13(19)20-8)14-12(18)7-4-2-1-3-5-7/h1-5,8-11,13,15-17,19H,6H2,(H,14,18)/t8-,9+,10+,11-,13+/m0/s1. The van der Waals surface area contributed by atoms with E-state index in [1.807, 2.05) is 0 Å². The van der Waals surface area contributed by atoms with Gasteiger partial charge in [0.15, 0.2) is 6.29 Å². The van der Waals surface area contributed by atoms with Gasteiger partial charge >= 0.3 is 0 Å². The Morgan fingerprint density at radius 2 is 1.80 bits per heavy atom. The third-order valence-corrected chi connectivity index (χ3v) is 3.23. The van der Waals surface area contributed by atoms with Crippen molar-refractivity contribution < 1.29 is 30.0 Å². The van der Waals surface area contributed by atoms with Crippen LogP contribution in [0.25, 0.3) is 0 Å². The van der Waals surface area contributed by atoms with Gasteiger partial charge in [-0.3, -0.25) is 4.79 Å². The highest BCUT2D eigenvalue weighted by atomic mass is 16.6. The normalized spacial score (nSPS) is 33.7. The molecular weight excluding hydrogens is 266 g/mol. The zero-order valence-corrected chi connectivity index (χ0v) is 10.6. The Hall–Kier alpha value is -1.51. The molecule has 0 bridgehead atoms. The summed E-state index contributed by atoms with van der Waals surface area (Å²) in [5.41, 5.74) is 0.352. The first-order chi connectivity index (χ1) is 9.54. The molecule has 5 N–H and O–H groups in total. The van der Waals surface area contributed by atoms with Crippen LogP contribution in [0.3, 0.4) is 0 Å². The van der Waals surface area contributed by atoms with Gasteiger partial charge in [0.2, 0.25) is 0 Å². The SMILES string of the molecule is O=C(N[C@@H]1[C@H](O)[C@H](O)[C@H](CO)O[C@H]1O)c1ccccc1. The van der Waals surface area contributed by atoms with Crippen molar-refractivity contribution in [2.45, 2.75) is 30.6 Å². The van der Waals surface area contributed by atoms with Gasteiger partial charge in [0, 0.05) is 5.56 Å². The highest BCUT2D eigenvalue weighted by Crippen LogP contribution is 2.20. The lowest BCUT2D eigenvalue weighted by Gasteiger charge is -2.40. The van der Waals surface area contributed by atoms with Crippen LogP contribution < -0.4 is 5.32 Å². The summed E-state index contributed by atoms with van der Waals surface area (Å²) >= 11 is 0. The van der Waals surface area contributed by atoms with Crippen LogP contribution in [-0.2, 0) is 4.74 Å². The van der Waals surface area contributed by atoms with Gasteiger partial charge in [0.25, 0.3) is 5.91 Å². The van der Waals surface area contributed by atoms with E-state index < -0.39 is 43.2 Å². The van der Waals surface area contributed by atoms with Crippen molar-refractivity contribution in [3.8, 4) is 0 Å². The Kier molecular flexibility index (Phi) is 4.69. The second-order valence-corrected chi connectivity index (χ2v) is 4.59. The number of carbonyl (C=O) groups is 1. The van der Waals surface area contributed by atoms with Crippen LogP contribution in [0.4, 0.5) is 0 Å². The molecule has 0 radical (unpaired) electrons. The van der Waals surface area contributed by atoms with E-state index in [-0.39, 0.29) is 0 Å². The van der Waals surface area contributed by atoms with Crippen LogP contribution in [0.15, 0.2) is 30.3 Å². The summed E-state index contributed by atoms with van der Waals surface area (Å²) < 4.78 is 4.95. The van der Waals surface area contributed by atoms with Crippen LogP contribution in [0.1, 0.15) is 10.4 Å². The molecule has 1 fully saturated rings. The highest BCUT2D eigenvalue weighted by Gasteiger charge is 2.44. The zero-order valence-electron chi connectivity index (χ0n) is 10.6. The Labute approximate surface area is 115 Å². The number of ether oxygens (including phenoxy) is 1. The molecule has 7 heteroatoms. The number of hydrogen-bond acceptors (Lipinski definition) is 6. The van der Waals surface area contributed by atoms with E-state index in [0.29, 0.717) is 5.56 Å². The van der Waals surface area contributed by atoms with Gasteiger partial charge in [-0.2, -0.15) is 0 Å². The van der Waals surface area contributed by atoms with Gasteiger partial charge in [0.05, 0.1) is 6.61 Å². The smallest absolute Gasteiger partial charge is 0.251 e. The van der Waals surface area contributed by atoms with Crippen LogP contribution in [0, 0.1) is 0 Å².